The summed E-state index contributed by atoms with van der Waals surface area (Å²) < 4.78 is 28.0. The summed E-state index contributed by atoms with van der Waals surface area (Å²) in [4.78, 5) is 25.3. The van der Waals surface area contributed by atoms with Gasteiger partial charge in [-0.1, -0.05) is 0 Å². The van der Waals surface area contributed by atoms with Crippen LogP contribution in [0.3, 0.4) is 0 Å². The lowest BCUT2D eigenvalue weighted by atomic mass is 9.69. The van der Waals surface area contributed by atoms with Crippen LogP contribution < -0.4 is 10.2 Å². The van der Waals surface area contributed by atoms with Crippen molar-refractivity contribution in [3.05, 3.63) is 53.1 Å². The van der Waals surface area contributed by atoms with Crippen molar-refractivity contribution < 1.29 is 18.7 Å². The van der Waals surface area contributed by atoms with Crippen LogP contribution in [0.1, 0.15) is 56.6 Å². The number of anilines is 1. The molecule has 1 aliphatic heterocycles. The molecule has 9 heteroatoms. The molecule has 0 radical (unpaired) electrons. The van der Waals surface area contributed by atoms with Gasteiger partial charge >= 0.3 is 6.03 Å². The molecule has 2 fully saturated rings. The molecule has 1 spiro atoms. The van der Waals surface area contributed by atoms with Crippen molar-refractivity contribution in [3.8, 4) is 0 Å². The molecule has 1 aromatic carbocycles. The Hall–Kier alpha value is -2.65. The second-order valence-corrected chi connectivity index (χ2v) is 10.1. The Morgan fingerprint density at radius 3 is 2.24 bits per heavy atom. The molecule has 0 unspecified atom stereocenters. The van der Waals surface area contributed by atoms with E-state index in [0.29, 0.717) is 55.0 Å². The zero-order valence-electron chi connectivity index (χ0n) is 19.7. The predicted molar refractivity (Wildman–Crippen MR) is 121 cm³/mol. The van der Waals surface area contributed by atoms with Crippen LogP contribution >= 0.6 is 0 Å². The quantitative estimate of drug-likeness (QED) is 0.730. The Labute approximate surface area is 192 Å². The van der Waals surface area contributed by atoms with Crippen LogP contribution in [0.15, 0.2) is 24.4 Å². The number of benzene rings is 1. The minimum Gasteiger partial charge on any atom is -0.382 e. The summed E-state index contributed by atoms with van der Waals surface area (Å²) in [5.41, 5.74) is -0.291. The first-order valence-corrected chi connectivity index (χ1v) is 11.2. The number of aliphatic hydroxyl groups is 1. The van der Waals surface area contributed by atoms with E-state index in [0.717, 1.165) is 6.07 Å². The summed E-state index contributed by atoms with van der Waals surface area (Å²) >= 11 is 0. The van der Waals surface area contributed by atoms with Crippen molar-refractivity contribution in [2.24, 2.45) is 0 Å². The molecule has 2 heterocycles. The highest BCUT2D eigenvalue weighted by Crippen LogP contribution is 2.46. The van der Waals surface area contributed by atoms with Gasteiger partial charge in [0.25, 0.3) is 0 Å². The number of hydrogen-bond donors (Lipinski definition) is 2. The zero-order chi connectivity index (χ0) is 24.2. The van der Waals surface area contributed by atoms with Crippen molar-refractivity contribution in [2.75, 3.05) is 25.5 Å². The van der Waals surface area contributed by atoms with Gasteiger partial charge in [-0.3, -0.25) is 9.80 Å². The van der Waals surface area contributed by atoms with E-state index < -0.39 is 28.3 Å². The molecule has 178 valence electrons. The summed E-state index contributed by atoms with van der Waals surface area (Å²) in [5, 5.41) is 13.3. The lowest BCUT2D eigenvalue weighted by Gasteiger charge is -2.48. The molecule has 1 aliphatic carbocycles. The maximum atomic E-state index is 14.0. The highest BCUT2D eigenvalue weighted by atomic mass is 19.1. The molecule has 1 saturated heterocycles. The number of amides is 2. The average Bonchev–Trinajstić information content (AvgIpc) is 3.02. The van der Waals surface area contributed by atoms with Crippen LogP contribution in [0.4, 0.5) is 19.3 Å². The number of carbonyl (C=O) groups is 1. The molecule has 7 nitrogen and oxygen atoms in total. The van der Waals surface area contributed by atoms with E-state index in [2.05, 4.69) is 15.3 Å². The number of aromatic nitrogens is 2. The Morgan fingerprint density at radius 1 is 1.12 bits per heavy atom. The van der Waals surface area contributed by atoms with Crippen molar-refractivity contribution in [2.45, 2.75) is 63.1 Å². The minimum atomic E-state index is -1.17. The minimum absolute atomic E-state index is 0.216. The summed E-state index contributed by atoms with van der Waals surface area (Å²) in [5.74, 6) is -0.873. The normalized spacial score (nSPS) is 25.7. The molecule has 1 saturated carbocycles. The summed E-state index contributed by atoms with van der Waals surface area (Å²) in [6.07, 6.45) is 4.19. The highest BCUT2D eigenvalue weighted by molar-refractivity contribution is 5.95. The van der Waals surface area contributed by atoms with Crippen LogP contribution in [-0.4, -0.2) is 52.2 Å². The van der Waals surface area contributed by atoms with E-state index in [9.17, 15) is 18.7 Å². The van der Waals surface area contributed by atoms with Gasteiger partial charge in [-0.05, 0) is 78.2 Å². The molecule has 33 heavy (non-hydrogen) atoms. The number of hydrogen-bond acceptors (Lipinski definition) is 5. The average molecular weight is 460 g/mol. The third-order valence-corrected chi connectivity index (χ3v) is 7.16. The zero-order valence-corrected chi connectivity index (χ0v) is 19.7. The maximum Gasteiger partial charge on any atom is 0.322 e. The van der Waals surface area contributed by atoms with Gasteiger partial charge in [0.1, 0.15) is 17.2 Å². The van der Waals surface area contributed by atoms with Crippen molar-refractivity contribution >= 4 is 11.7 Å². The monoisotopic (exact) mass is 459 g/mol. The fourth-order valence-electron chi connectivity index (χ4n) is 5.17. The second-order valence-electron chi connectivity index (χ2n) is 10.1. The van der Waals surface area contributed by atoms with Gasteiger partial charge in [0.05, 0.1) is 29.7 Å². The van der Waals surface area contributed by atoms with E-state index in [1.54, 1.807) is 31.9 Å². The molecular weight excluding hydrogens is 428 g/mol. The van der Waals surface area contributed by atoms with E-state index >= 15 is 0 Å². The molecule has 2 aromatic rings. The lowest BCUT2D eigenvalue weighted by molar-refractivity contribution is 0.0651. The number of nitrogens with zero attached hydrogens (tertiary/aromatic N) is 4. The van der Waals surface area contributed by atoms with Crippen LogP contribution in [0.25, 0.3) is 0 Å². The topological polar surface area (TPSA) is 81.6 Å². The van der Waals surface area contributed by atoms with E-state index in [4.69, 9.17) is 0 Å². The number of nitrogens with one attached hydrogen (secondary N) is 1. The van der Waals surface area contributed by atoms with Crippen molar-refractivity contribution in [3.63, 3.8) is 0 Å². The molecule has 1 aromatic heterocycles. The number of carbonyl (C=O) groups excluding carboxylic acids is 1. The maximum absolute atomic E-state index is 14.0. The molecule has 4 rings (SSSR count). The largest absolute Gasteiger partial charge is 0.382 e. The molecule has 0 bridgehead atoms. The number of halogens is 2. The van der Waals surface area contributed by atoms with Crippen molar-refractivity contribution in [1.82, 2.24) is 20.2 Å². The number of rotatable bonds is 4. The smallest absolute Gasteiger partial charge is 0.322 e. The summed E-state index contributed by atoms with van der Waals surface area (Å²) in [6, 6.07) is 3.49. The number of aryl methyl sites for hydroxylation is 1. The third-order valence-electron chi connectivity index (χ3n) is 7.16. The van der Waals surface area contributed by atoms with E-state index in [1.807, 2.05) is 19.0 Å². The van der Waals surface area contributed by atoms with Gasteiger partial charge in [0, 0.05) is 11.6 Å². The van der Waals surface area contributed by atoms with Crippen LogP contribution in [-0.2, 0) is 11.1 Å². The van der Waals surface area contributed by atoms with Gasteiger partial charge in [-0.25, -0.2) is 23.5 Å². The SMILES string of the molecule is Cc1nc(C(C)(C)O)ncc1N1CC2(CCC(c3cc(F)cc(F)c3)(N(C)C)CC2)NC1=O. The fraction of sp³-hybridized carbons (Fsp3) is 0.542. The molecule has 2 amide bonds. The first-order valence-electron chi connectivity index (χ1n) is 11.2. The summed E-state index contributed by atoms with van der Waals surface area (Å²) in [7, 11) is 3.84. The Balaban J connectivity index is 1.57. The lowest BCUT2D eigenvalue weighted by Crippen LogP contribution is -2.54. The van der Waals surface area contributed by atoms with Gasteiger partial charge in [0.15, 0.2) is 5.82 Å². The second kappa shape index (κ2) is 7.99. The van der Waals surface area contributed by atoms with Crippen molar-refractivity contribution in [1.29, 1.82) is 0 Å². The first kappa shape index (κ1) is 23.5. The van der Waals surface area contributed by atoms with Gasteiger partial charge in [-0.2, -0.15) is 0 Å². The Kier molecular flexibility index (Phi) is 5.69. The standard InChI is InChI=1S/C24H31F2N5O2/c1-15-19(13-27-20(28-15)22(2,3)33)31-14-23(29-21(31)32)6-8-24(9-7-23,30(4)5)16-10-17(25)12-18(26)11-16/h10-13,33H,6-9,14H2,1-5H3,(H,29,32). The van der Waals surface area contributed by atoms with Crippen LogP contribution in [0.5, 0.6) is 0 Å². The van der Waals surface area contributed by atoms with Crippen LogP contribution in [0, 0.1) is 18.6 Å². The van der Waals surface area contributed by atoms with Gasteiger partial charge in [0.2, 0.25) is 0 Å². The Bertz CT molecular complexity index is 1050. The van der Waals surface area contributed by atoms with Gasteiger partial charge in [-0.15, -0.1) is 0 Å². The highest BCUT2D eigenvalue weighted by Gasteiger charge is 2.50. The fourth-order valence-corrected chi connectivity index (χ4v) is 5.17. The molecule has 2 N–H and O–H groups in total. The van der Waals surface area contributed by atoms with Gasteiger partial charge < -0.3 is 10.4 Å². The number of urea groups is 1. The third kappa shape index (κ3) is 4.19. The molecule has 2 aliphatic rings. The Morgan fingerprint density at radius 2 is 1.73 bits per heavy atom. The molecule has 0 atom stereocenters. The summed E-state index contributed by atoms with van der Waals surface area (Å²) in [6.45, 7) is 5.48. The van der Waals surface area contributed by atoms with E-state index in [-0.39, 0.29) is 6.03 Å². The predicted octanol–water partition coefficient (Wildman–Crippen LogP) is 3.59. The van der Waals surface area contributed by atoms with E-state index in [1.165, 1.54) is 12.1 Å². The van der Waals surface area contributed by atoms with Crippen LogP contribution in [0.2, 0.25) is 0 Å². The molecular formula is C24H31F2N5O2. The first-order chi connectivity index (χ1) is 15.4.